The highest BCUT2D eigenvalue weighted by Crippen LogP contribution is 2.14. The summed E-state index contributed by atoms with van der Waals surface area (Å²) in [4.78, 5) is 18.7. The van der Waals surface area contributed by atoms with Crippen molar-refractivity contribution in [2.45, 2.75) is 0 Å². The maximum atomic E-state index is 11.2. The second kappa shape index (κ2) is 3.17. The molecule has 12 heavy (non-hydrogen) atoms. The average molecular weight is 166 g/mol. The second-order valence-electron chi connectivity index (χ2n) is 2.26. The summed E-state index contributed by atoms with van der Waals surface area (Å²) in [5, 5.41) is 2.50. The summed E-state index contributed by atoms with van der Waals surface area (Å²) in [6.07, 6.45) is 1.52. The lowest BCUT2D eigenvalue weighted by Gasteiger charge is -2.00. The van der Waals surface area contributed by atoms with Crippen molar-refractivity contribution in [1.82, 2.24) is 14.9 Å². The van der Waals surface area contributed by atoms with Crippen LogP contribution in [-0.4, -0.2) is 29.2 Å². The molecule has 1 rings (SSSR count). The zero-order chi connectivity index (χ0) is 9.14. The van der Waals surface area contributed by atoms with E-state index in [-0.39, 0.29) is 5.91 Å². The third-order valence-corrected chi connectivity index (χ3v) is 1.51. The molecule has 1 heterocycles. The number of amides is 1. The number of aromatic nitrogens is 2. The van der Waals surface area contributed by atoms with E-state index in [0.717, 1.165) is 0 Å². The van der Waals surface area contributed by atoms with Gasteiger partial charge in [-0.25, -0.2) is 9.98 Å². The Labute approximate surface area is 70.1 Å². The summed E-state index contributed by atoms with van der Waals surface area (Å²) >= 11 is 0. The molecule has 5 heteroatoms. The van der Waals surface area contributed by atoms with Gasteiger partial charge in [0.25, 0.3) is 5.91 Å². The number of aliphatic imine (C=N–C) groups is 1. The van der Waals surface area contributed by atoms with Gasteiger partial charge in [0, 0.05) is 14.1 Å². The van der Waals surface area contributed by atoms with Crippen molar-refractivity contribution in [3.63, 3.8) is 0 Å². The molecule has 0 saturated heterocycles. The van der Waals surface area contributed by atoms with E-state index in [0.29, 0.717) is 11.5 Å². The molecule has 1 aromatic heterocycles. The number of hydrogen-bond acceptors (Lipinski definition) is 3. The molecule has 0 unspecified atom stereocenters. The first-order valence-corrected chi connectivity index (χ1v) is 3.40. The normalized spacial score (nSPS) is 9.50. The number of nitrogens with one attached hydrogen (secondary N) is 1. The van der Waals surface area contributed by atoms with Gasteiger partial charge in [-0.3, -0.25) is 4.79 Å². The van der Waals surface area contributed by atoms with Gasteiger partial charge in [0.1, 0.15) is 0 Å². The number of carbonyl (C=O) groups is 1. The van der Waals surface area contributed by atoms with Crippen LogP contribution >= 0.6 is 0 Å². The fraction of sp³-hybridized carbons (Fsp3) is 0.286. The molecule has 0 aliphatic carbocycles. The van der Waals surface area contributed by atoms with Crippen LogP contribution in [0.15, 0.2) is 11.3 Å². The minimum Gasteiger partial charge on any atom is -0.354 e. The number of carbonyl (C=O) groups excluding carboxylic acids is 1. The fourth-order valence-corrected chi connectivity index (χ4v) is 0.914. The summed E-state index contributed by atoms with van der Waals surface area (Å²) in [5.41, 5.74) is 0.424. The van der Waals surface area contributed by atoms with Crippen molar-refractivity contribution in [2.75, 3.05) is 7.05 Å². The zero-order valence-corrected chi connectivity index (χ0v) is 7.03. The maximum Gasteiger partial charge on any atom is 0.271 e. The first-order valence-electron chi connectivity index (χ1n) is 3.40. The first-order chi connectivity index (χ1) is 5.70. The summed E-state index contributed by atoms with van der Waals surface area (Å²) in [6.45, 7) is 3.32. The molecule has 0 aromatic carbocycles. The highest BCUT2D eigenvalue weighted by atomic mass is 16.1. The Bertz CT molecular complexity index is 315. The highest BCUT2D eigenvalue weighted by molar-refractivity contribution is 5.96. The van der Waals surface area contributed by atoms with Gasteiger partial charge in [0.05, 0.1) is 6.33 Å². The van der Waals surface area contributed by atoms with E-state index in [9.17, 15) is 4.79 Å². The van der Waals surface area contributed by atoms with Gasteiger partial charge in [0.15, 0.2) is 11.5 Å². The van der Waals surface area contributed by atoms with E-state index >= 15 is 0 Å². The van der Waals surface area contributed by atoms with Crippen LogP contribution in [0.2, 0.25) is 0 Å². The topological polar surface area (TPSA) is 59.3 Å². The van der Waals surface area contributed by atoms with Crippen LogP contribution in [0, 0.1) is 0 Å². The van der Waals surface area contributed by atoms with Crippen LogP contribution in [-0.2, 0) is 7.05 Å². The Kier molecular flexibility index (Phi) is 2.23. The summed E-state index contributed by atoms with van der Waals surface area (Å²) in [6, 6.07) is 0. The van der Waals surface area contributed by atoms with Crippen molar-refractivity contribution in [3.8, 4) is 0 Å². The Morgan fingerprint density at radius 3 is 3.00 bits per heavy atom. The standard InChI is InChI=1S/C7H10N4O/c1-8-6-5(7(12)9-2)11(3)4-10-6/h4H,1H2,2-3H3,(H,9,12). The molecule has 1 aromatic rings. The summed E-state index contributed by atoms with van der Waals surface area (Å²) in [5.74, 6) is 0.147. The molecule has 1 N–H and O–H groups in total. The number of hydrogen-bond donors (Lipinski definition) is 1. The molecule has 1 amide bonds. The third-order valence-electron chi connectivity index (χ3n) is 1.51. The Hall–Kier alpha value is -1.65. The van der Waals surface area contributed by atoms with Crippen molar-refractivity contribution in [2.24, 2.45) is 12.0 Å². The molecule has 0 fully saturated rings. The average Bonchev–Trinajstić information content (AvgIpc) is 2.45. The van der Waals surface area contributed by atoms with Gasteiger partial charge >= 0.3 is 0 Å². The lowest BCUT2D eigenvalue weighted by molar-refractivity contribution is 0.0956. The van der Waals surface area contributed by atoms with Crippen LogP contribution in [0.3, 0.4) is 0 Å². The number of nitrogens with zero attached hydrogens (tertiary/aromatic N) is 3. The second-order valence-corrected chi connectivity index (χ2v) is 2.26. The van der Waals surface area contributed by atoms with E-state index in [1.54, 1.807) is 18.7 Å². The van der Waals surface area contributed by atoms with Gasteiger partial charge < -0.3 is 9.88 Å². The van der Waals surface area contributed by atoms with E-state index in [1.165, 1.54) is 6.33 Å². The molecular weight excluding hydrogens is 156 g/mol. The molecule has 64 valence electrons. The van der Waals surface area contributed by atoms with E-state index in [2.05, 4.69) is 22.0 Å². The lowest BCUT2D eigenvalue weighted by Crippen LogP contribution is -2.20. The Morgan fingerprint density at radius 1 is 1.83 bits per heavy atom. The molecule has 5 nitrogen and oxygen atoms in total. The van der Waals surface area contributed by atoms with E-state index in [4.69, 9.17) is 0 Å². The van der Waals surface area contributed by atoms with Crippen LogP contribution in [0.1, 0.15) is 10.5 Å². The fourth-order valence-electron chi connectivity index (χ4n) is 0.914. The van der Waals surface area contributed by atoms with Gasteiger partial charge in [-0.1, -0.05) is 0 Å². The predicted octanol–water partition coefficient (Wildman–Crippen LogP) is 0.112. The van der Waals surface area contributed by atoms with E-state index in [1.807, 2.05) is 0 Å². The maximum absolute atomic E-state index is 11.2. The smallest absolute Gasteiger partial charge is 0.271 e. The molecule has 0 aliphatic rings. The van der Waals surface area contributed by atoms with Gasteiger partial charge in [0.2, 0.25) is 0 Å². The van der Waals surface area contributed by atoms with Crippen molar-refractivity contribution in [3.05, 3.63) is 12.0 Å². The molecule has 0 radical (unpaired) electrons. The molecule has 0 atom stereocenters. The Balaban J connectivity index is 3.18. The highest BCUT2D eigenvalue weighted by Gasteiger charge is 2.13. The van der Waals surface area contributed by atoms with Gasteiger partial charge in [-0.2, -0.15) is 0 Å². The largest absolute Gasteiger partial charge is 0.354 e. The molecule has 0 aliphatic heterocycles. The molecule has 0 saturated carbocycles. The third kappa shape index (κ3) is 1.20. The van der Waals surface area contributed by atoms with Crippen molar-refractivity contribution in [1.29, 1.82) is 0 Å². The molecule has 0 bridgehead atoms. The lowest BCUT2D eigenvalue weighted by atomic mass is 10.4. The van der Waals surface area contributed by atoms with Crippen LogP contribution < -0.4 is 5.32 Å². The monoisotopic (exact) mass is 166 g/mol. The minimum absolute atomic E-state index is 0.211. The van der Waals surface area contributed by atoms with Gasteiger partial charge in [-0.15, -0.1) is 0 Å². The SMILES string of the molecule is C=Nc1ncn(C)c1C(=O)NC. The van der Waals surface area contributed by atoms with Crippen molar-refractivity contribution >= 4 is 18.4 Å². The van der Waals surface area contributed by atoms with Crippen LogP contribution in [0.5, 0.6) is 0 Å². The predicted molar refractivity (Wildman–Crippen MR) is 45.8 cm³/mol. The number of imidazole rings is 1. The minimum atomic E-state index is -0.211. The Morgan fingerprint density at radius 2 is 2.50 bits per heavy atom. The summed E-state index contributed by atoms with van der Waals surface area (Å²) in [7, 11) is 3.29. The first kappa shape index (κ1) is 8.45. The van der Waals surface area contributed by atoms with Crippen LogP contribution in [0.4, 0.5) is 5.82 Å². The number of aryl methyl sites for hydroxylation is 1. The zero-order valence-electron chi connectivity index (χ0n) is 7.03. The molecular formula is C7H10N4O. The molecule has 0 spiro atoms. The number of rotatable bonds is 2. The van der Waals surface area contributed by atoms with Crippen molar-refractivity contribution < 1.29 is 4.79 Å². The quantitative estimate of drug-likeness (QED) is 0.634. The van der Waals surface area contributed by atoms with Gasteiger partial charge in [-0.05, 0) is 6.72 Å². The van der Waals surface area contributed by atoms with Crippen LogP contribution in [0.25, 0.3) is 0 Å². The van der Waals surface area contributed by atoms with E-state index < -0.39 is 0 Å². The summed E-state index contributed by atoms with van der Waals surface area (Å²) < 4.78 is 1.60.